The molecular weight excluding hydrogens is 232 g/mol. The lowest BCUT2D eigenvalue weighted by Crippen LogP contribution is -2.47. The number of carbonyl (C=O) groups excluding carboxylic acids is 1. The number of rotatable bonds is 1. The van der Waals surface area contributed by atoms with Crippen LogP contribution < -0.4 is 4.74 Å². The Hall–Kier alpha value is -1.56. The van der Waals surface area contributed by atoms with E-state index in [2.05, 4.69) is 17.0 Å². The van der Waals surface area contributed by atoms with Crippen molar-refractivity contribution < 1.29 is 9.53 Å². The molecule has 2 aliphatic rings. The molecule has 98 valence electrons. The van der Waals surface area contributed by atoms with Gasteiger partial charge in [-0.15, -0.1) is 0 Å². The van der Waals surface area contributed by atoms with E-state index in [1.54, 1.807) is 4.68 Å². The monoisotopic (exact) mass is 250 g/mol. The maximum atomic E-state index is 12.4. The number of hydrogen-bond donors (Lipinski definition) is 0. The zero-order valence-electron chi connectivity index (χ0n) is 10.8. The largest absolute Gasteiger partial charge is 0.476 e. The number of hydrogen-bond acceptors (Lipinski definition) is 4. The van der Waals surface area contributed by atoms with Crippen molar-refractivity contribution in [1.29, 1.82) is 0 Å². The first kappa shape index (κ1) is 11.5. The first-order chi connectivity index (χ1) is 8.66. The minimum Gasteiger partial charge on any atom is -0.476 e. The van der Waals surface area contributed by atoms with Crippen LogP contribution >= 0.6 is 0 Å². The van der Waals surface area contributed by atoms with Crippen molar-refractivity contribution in [3.63, 3.8) is 0 Å². The van der Waals surface area contributed by atoms with Crippen LogP contribution in [0.1, 0.15) is 16.1 Å². The van der Waals surface area contributed by atoms with Crippen molar-refractivity contribution in [2.75, 3.05) is 39.8 Å². The van der Waals surface area contributed by atoms with E-state index in [0.29, 0.717) is 12.3 Å². The standard InChI is InChI=1S/C12H18N4O2/c1-9-10(13-16-7-8-18-12(9)16)11(17)15-5-3-14(2)4-6-15/h3-8H2,1-2H3. The van der Waals surface area contributed by atoms with E-state index in [1.165, 1.54) is 0 Å². The van der Waals surface area contributed by atoms with E-state index >= 15 is 0 Å². The minimum atomic E-state index is 0.0334. The lowest BCUT2D eigenvalue weighted by atomic mass is 10.2. The average Bonchev–Trinajstić information content (AvgIpc) is 2.93. The highest BCUT2D eigenvalue weighted by molar-refractivity contribution is 5.94. The van der Waals surface area contributed by atoms with Crippen LogP contribution in [0, 0.1) is 6.92 Å². The molecule has 0 aliphatic carbocycles. The molecule has 18 heavy (non-hydrogen) atoms. The van der Waals surface area contributed by atoms with Crippen LogP contribution in [0.25, 0.3) is 0 Å². The van der Waals surface area contributed by atoms with Gasteiger partial charge in [-0.1, -0.05) is 0 Å². The van der Waals surface area contributed by atoms with E-state index < -0.39 is 0 Å². The van der Waals surface area contributed by atoms with Crippen LogP contribution in [0.4, 0.5) is 0 Å². The summed E-state index contributed by atoms with van der Waals surface area (Å²) in [5, 5.41) is 4.37. The second-order valence-electron chi connectivity index (χ2n) is 4.95. The minimum absolute atomic E-state index is 0.0334. The highest BCUT2D eigenvalue weighted by atomic mass is 16.5. The normalized spacial score (nSPS) is 19.8. The Balaban J connectivity index is 1.80. The number of nitrogens with zero attached hydrogens (tertiary/aromatic N) is 4. The van der Waals surface area contributed by atoms with Gasteiger partial charge in [-0.25, -0.2) is 4.68 Å². The van der Waals surface area contributed by atoms with Gasteiger partial charge in [0.05, 0.1) is 6.54 Å². The molecule has 0 bridgehead atoms. The summed E-state index contributed by atoms with van der Waals surface area (Å²) >= 11 is 0. The van der Waals surface area contributed by atoms with Crippen molar-refractivity contribution in [1.82, 2.24) is 19.6 Å². The number of ether oxygens (including phenoxy) is 1. The third-order valence-electron chi connectivity index (χ3n) is 3.67. The number of aromatic nitrogens is 2. The Morgan fingerprint density at radius 1 is 1.22 bits per heavy atom. The first-order valence-corrected chi connectivity index (χ1v) is 6.35. The molecule has 0 aromatic carbocycles. The van der Waals surface area contributed by atoms with Crippen LogP contribution in [0.5, 0.6) is 5.88 Å². The SMILES string of the molecule is Cc1c(C(=O)N2CCN(C)CC2)nn2c1OCC2. The number of carbonyl (C=O) groups is 1. The van der Waals surface area contributed by atoms with Gasteiger partial charge in [0.15, 0.2) is 5.69 Å². The third kappa shape index (κ3) is 1.77. The molecule has 6 nitrogen and oxygen atoms in total. The van der Waals surface area contributed by atoms with Crippen molar-refractivity contribution >= 4 is 5.91 Å². The quantitative estimate of drug-likeness (QED) is 0.702. The highest BCUT2D eigenvalue weighted by Gasteiger charge is 2.28. The van der Waals surface area contributed by atoms with Gasteiger partial charge in [0.2, 0.25) is 5.88 Å². The molecule has 1 aromatic rings. The van der Waals surface area contributed by atoms with Crippen LogP contribution in [-0.2, 0) is 6.54 Å². The maximum Gasteiger partial charge on any atom is 0.274 e. The predicted molar refractivity (Wildman–Crippen MR) is 65.9 cm³/mol. The van der Waals surface area contributed by atoms with Crippen LogP contribution in [0.3, 0.4) is 0 Å². The number of piperazine rings is 1. The third-order valence-corrected chi connectivity index (χ3v) is 3.67. The molecule has 0 unspecified atom stereocenters. The maximum absolute atomic E-state index is 12.4. The number of likely N-dealkylation sites (N-methyl/N-ethyl adjacent to an activating group) is 1. The molecule has 1 saturated heterocycles. The van der Waals surface area contributed by atoms with Crippen molar-refractivity contribution in [2.24, 2.45) is 0 Å². The van der Waals surface area contributed by atoms with Gasteiger partial charge in [-0.2, -0.15) is 5.10 Å². The molecule has 0 radical (unpaired) electrons. The second-order valence-corrected chi connectivity index (χ2v) is 4.95. The molecule has 3 rings (SSSR count). The van der Waals surface area contributed by atoms with Crippen molar-refractivity contribution in [2.45, 2.75) is 13.5 Å². The fraction of sp³-hybridized carbons (Fsp3) is 0.667. The van der Waals surface area contributed by atoms with Crippen LogP contribution in [-0.4, -0.2) is 65.3 Å². The molecule has 3 heterocycles. The second kappa shape index (κ2) is 4.28. The molecule has 0 atom stereocenters. The predicted octanol–water partition coefficient (Wildman–Crippen LogP) is -0.0285. The summed E-state index contributed by atoms with van der Waals surface area (Å²) in [6.07, 6.45) is 0. The molecule has 2 aliphatic heterocycles. The Morgan fingerprint density at radius 3 is 2.61 bits per heavy atom. The zero-order valence-corrected chi connectivity index (χ0v) is 10.8. The van der Waals surface area contributed by atoms with Crippen molar-refractivity contribution in [3.05, 3.63) is 11.3 Å². The Morgan fingerprint density at radius 2 is 1.94 bits per heavy atom. The van der Waals surface area contributed by atoms with Crippen molar-refractivity contribution in [3.8, 4) is 5.88 Å². The highest BCUT2D eigenvalue weighted by Crippen LogP contribution is 2.26. The molecule has 0 N–H and O–H groups in total. The van der Waals surface area contributed by atoms with Gasteiger partial charge in [-0.3, -0.25) is 4.79 Å². The molecule has 1 aromatic heterocycles. The van der Waals surface area contributed by atoms with E-state index in [4.69, 9.17) is 4.74 Å². The summed E-state index contributed by atoms with van der Waals surface area (Å²) in [7, 11) is 2.08. The average molecular weight is 250 g/mol. The lowest BCUT2D eigenvalue weighted by Gasteiger charge is -2.32. The van der Waals surface area contributed by atoms with E-state index in [9.17, 15) is 4.79 Å². The fourth-order valence-corrected chi connectivity index (χ4v) is 2.46. The van der Waals surface area contributed by atoms with Gasteiger partial charge < -0.3 is 14.5 Å². The zero-order chi connectivity index (χ0) is 12.7. The molecule has 6 heteroatoms. The summed E-state index contributed by atoms with van der Waals surface area (Å²) in [5.41, 5.74) is 1.42. The molecule has 0 spiro atoms. The molecule has 0 saturated carbocycles. The lowest BCUT2D eigenvalue weighted by molar-refractivity contribution is 0.0656. The van der Waals surface area contributed by atoms with Gasteiger partial charge >= 0.3 is 0 Å². The Bertz CT molecular complexity index is 475. The summed E-state index contributed by atoms with van der Waals surface area (Å²) in [5.74, 6) is 0.790. The topological polar surface area (TPSA) is 50.6 Å². The van der Waals surface area contributed by atoms with Gasteiger partial charge in [-0.05, 0) is 14.0 Å². The van der Waals surface area contributed by atoms with Crippen LogP contribution in [0.2, 0.25) is 0 Å². The summed E-state index contributed by atoms with van der Waals surface area (Å²) < 4.78 is 7.28. The molecule has 1 amide bonds. The molecular formula is C12H18N4O2. The first-order valence-electron chi connectivity index (χ1n) is 6.35. The summed E-state index contributed by atoms with van der Waals surface area (Å²) in [6, 6.07) is 0. The van der Waals surface area contributed by atoms with E-state index in [1.807, 2.05) is 11.8 Å². The fourth-order valence-electron chi connectivity index (χ4n) is 2.46. The van der Waals surface area contributed by atoms with Gasteiger partial charge in [0, 0.05) is 31.7 Å². The Kier molecular flexibility index (Phi) is 2.74. The van der Waals surface area contributed by atoms with Gasteiger partial charge in [0.1, 0.15) is 6.61 Å². The van der Waals surface area contributed by atoms with E-state index in [0.717, 1.165) is 44.2 Å². The number of fused-ring (bicyclic) bond motifs is 1. The Labute approximate surface area is 106 Å². The summed E-state index contributed by atoms with van der Waals surface area (Å²) in [4.78, 5) is 16.5. The summed E-state index contributed by atoms with van der Waals surface area (Å²) in [6.45, 7) is 6.71. The van der Waals surface area contributed by atoms with E-state index in [-0.39, 0.29) is 5.91 Å². The molecule has 1 fully saturated rings. The van der Waals surface area contributed by atoms with Crippen LogP contribution in [0.15, 0.2) is 0 Å². The van der Waals surface area contributed by atoms with Gasteiger partial charge in [0.25, 0.3) is 5.91 Å². The number of amides is 1. The smallest absolute Gasteiger partial charge is 0.274 e.